The van der Waals surface area contributed by atoms with Crippen LogP contribution < -0.4 is 5.73 Å². The van der Waals surface area contributed by atoms with Crippen molar-refractivity contribution in [2.24, 2.45) is 11.7 Å². The zero-order valence-corrected chi connectivity index (χ0v) is 15.6. The Balaban J connectivity index is 1.41. The first-order valence-electron chi connectivity index (χ1n) is 9.76. The summed E-state index contributed by atoms with van der Waals surface area (Å²) in [5.41, 5.74) is 6.56. The number of benzene rings is 1. The molecular formula is C20H29F2N3O. The van der Waals surface area contributed by atoms with Gasteiger partial charge in [0.2, 0.25) is 0 Å². The van der Waals surface area contributed by atoms with E-state index in [-0.39, 0.29) is 17.6 Å². The zero-order chi connectivity index (χ0) is 18.4. The minimum Gasteiger partial charge on any atom is -0.370 e. The Hall–Kier alpha value is -1.08. The first-order valence-corrected chi connectivity index (χ1v) is 9.76. The van der Waals surface area contributed by atoms with Gasteiger partial charge in [-0.3, -0.25) is 9.80 Å². The van der Waals surface area contributed by atoms with Crippen LogP contribution in [0.4, 0.5) is 8.78 Å². The molecule has 0 amide bonds. The number of nitrogens with two attached hydrogens (primary N) is 1. The van der Waals surface area contributed by atoms with Crippen LogP contribution >= 0.6 is 0 Å². The van der Waals surface area contributed by atoms with Crippen molar-refractivity contribution in [3.63, 3.8) is 0 Å². The monoisotopic (exact) mass is 365 g/mol. The van der Waals surface area contributed by atoms with Gasteiger partial charge in [0, 0.05) is 42.8 Å². The summed E-state index contributed by atoms with van der Waals surface area (Å²) in [5, 5.41) is 0. The van der Waals surface area contributed by atoms with E-state index < -0.39 is 17.7 Å². The van der Waals surface area contributed by atoms with Crippen molar-refractivity contribution in [2.45, 2.75) is 57.0 Å². The molecule has 26 heavy (non-hydrogen) atoms. The molecule has 0 aliphatic carbocycles. The zero-order valence-electron chi connectivity index (χ0n) is 15.6. The quantitative estimate of drug-likeness (QED) is 0.894. The van der Waals surface area contributed by atoms with Crippen LogP contribution in [-0.4, -0.2) is 60.2 Å². The molecule has 1 aromatic rings. The van der Waals surface area contributed by atoms with Crippen molar-refractivity contribution in [1.82, 2.24) is 9.80 Å². The molecule has 4 rings (SSSR count). The molecule has 6 heteroatoms. The third-order valence-electron chi connectivity index (χ3n) is 6.46. The fraction of sp³-hybridized carbons (Fsp3) is 0.700. The Morgan fingerprint density at radius 2 is 2.04 bits per heavy atom. The molecule has 0 radical (unpaired) electrons. The molecule has 144 valence electrons. The lowest BCUT2D eigenvalue weighted by atomic mass is 9.93. The highest BCUT2D eigenvalue weighted by Crippen LogP contribution is 2.37. The Morgan fingerprint density at radius 1 is 1.23 bits per heavy atom. The van der Waals surface area contributed by atoms with Gasteiger partial charge in [-0.05, 0) is 57.4 Å². The van der Waals surface area contributed by atoms with Gasteiger partial charge in [-0.2, -0.15) is 0 Å². The van der Waals surface area contributed by atoms with E-state index in [0.29, 0.717) is 18.7 Å². The topological polar surface area (TPSA) is 41.7 Å². The lowest BCUT2D eigenvalue weighted by Crippen LogP contribution is -2.50. The van der Waals surface area contributed by atoms with E-state index in [1.165, 1.54) is 19.0 Å². The van der Waals surface area contributed by atoms with E-state index in [0.717, 1.165) is 37.6 Å². The number of likely N-dealkylation sites (tertiary alicyclic amines) is 2. The number of hydrogen-bond acceptors (Lipinski definition) is 4. The van der Waals surface area contributed by atoms with Crippen LogP contribution in [0.1, 0.15) is 38.4 Å². The summed E-state index contributed by atoms with van der Waals surface area (Å²) in [5.74, 6) is -0.180. The standard InChI is InChI=1S/C20H29F2N3O/c1-12(2)25-6-5-13-9-24(10-19(13)25)15-8-18(23)20(26-11-15)16-7-14(21)3-4-17(16)22/h3-4,7,12-13,15,18-20H,5-6,8-11,23H2,1-2H3. The number of rotatable bonds is 3. The Bertz CT molecular complexity index is 656. The summed E-state index contributed by atoms with van der Waals surface area (Å²) in [6.45, 7) is 8.40. The summed E-state index contributed by atoms with van der Waals surface area (Å²) >= 11 is 0. The van der Waals surface area contributed by atoms with Crippen molar-refractivity contribution >= 4 is 0 Å². The summed E-state index contributed by atoms with van der Waals surface area (Å²) in [7, 11) is 0. The van der Waals surface area contributed by atoms with E-state index >= 15 is 0 Å². The number of fused-ring (bicyclic) bond motifs is 1. The molecule has 1 aromatic carbocycles. The summed E-state index contributed by atoms with van der Waals surface area (Å²) in [6, 6.07) is 4.62. The summed E-state index contributed by atoms with van der Waals surface area (Å²) in [6.07, 6.45) is 1.44. The summed E-state index contributed by atoms with van der Waals surface area (Å²) in [4.78, 5) is 5.11. The molecule has 3 fully saturated rings. The van der Waals surface area contributed by atoms with E-state index in [9.17, 15) is 8.78 Å². The lowest BCUT2D eigenvalue weighted by molar-refractivity contribution is -0.0491. The van der Waals surface area contributed by atoms with Gasteiger partial charge < -0.3 is 10.5 Å². The third-order valence-corrected chi connectivity index (χ3v) is 6.46. The van der Waals surface area contributed by atoms with Gasteiger partial charge in [0.05, 0.1) is 6.61 Å². The van der Waals surface area contributed by atoms with Gasteiger partial charge in [0.25, 0.3) is 0 Å². The minimum atomic E-state index is -0.573. The molecule has 3 aliphatic heterocycles. The number of hydrogen-bond donors (Lipinski definition) is 1. The Kier molecular flexibility index (Phi) is 5.03. The Labute approximate surface area is 154 Å². The van der Waals surface area contributed by atoms with Crippen molar-refractivity contribution < 1.29 is 13.5 Å². The second-order valence-electron chi connectivity index (χ2n) is 8.37. The van der Waals surface area contributed by atoms with E-state index in [4.69, 9.17) is 10.5 Å². The molecule has 0 aromatic heterocycles. The molecule has 0 saturated carbocycles. The third kappa shape index (κ3) is 3.28. The molecular weight excluding hydrogens is 336 g/mol. The largest absolute Gasteiger partial charge is 0.370 e. The van der Waals surface area contributed by atoms with Crippen LogP contribution in [0.5, 0.6) is 0 Å². The summed E-state index contributed by atoms with van der Waals surface area (Å²) < 4.78 is 33.5. The van der Waals surface area contributed by atoms with Crippen molar-refractivity contribution in [3.05, 3.63) is 35.4 Å². The molecule has 3 aliphatic rings. The highest BCUT2D eigenvalue weighted by molar-refractivity contribution is 5.23. The first kappa shape index (κ1) is 18.3. The van der Waals surface area contributed by atoms with Crippen LogP contribution in [0.3, 0.4) is 0 Å². The molecule has 3 heterocycles. The highest BCUT2D eigenvalue weighted by Gasteiger charge is 2.45. The fourth-order valence-corrected chi connectivity index (χ4v) is 5.12. The van der Waals surface area contributed by atoms with Gasteiger partial charge >= 0.3 is 0 Å². The maximum Gasteiger partial charge on any atom is 0.129 e. The minimum absolute atomic E-state index is 0.236. The van der Waals surface area contributed by atoms with Crippen LogP contribution in [0.15, 0.2) is 18.2 Å². The van der Waals surface area contributed by atoms with Crippen LogP contribution in [-0.2, 0) is 4.74 Å². The maximum absolute atomic E-state index is 14.1. The van der Waals surface area contributed by atoms with Gasteiger partial charge in [0.1, 0.15) is 17.7 Å². The second kappa shape index (κ2) is 7.15. The van der Waals surface area contributed by atoms with E-state index in [2.05, 4.69) is 23.6 Å². The molecule has 0 spiro atoms. The normalized spacial score (nSPS) is 36.0. The van der Waals surface area contributed by atoms with Crippen LogP contribution in [0.25, 0.3) is 0 Å². The SMILES string of the molecule is CC(C)N1CCC2CN(C3COC(c4cc(F)ccc4F)C(N)C3)CC21. The van der Waals surface area contributed by atoms with Crippen molar-refractivity contribution in [3.8, 4) is 0 Å². The van der Waals surface area contributed by atoms with Crippen LogP contribution in [0, 0.1) is 17.6 Å². The smallest absolute Gasteiger partial charge is 0.129 e. The fourth-order valence-electron chi connectivity index (χ4n) is 5.12. The van der Waals surface area contributed by atoms with E-state index in [1.807, 2.05) is 0 Å². The van der Waals surface area contributed by atoms with Crippen LogP contribution in [0.2, 0.25) is 0 Å². The number of ether oxygens (including phenoxy) is 1. The maximum atomic E-state index is 14.1. The predicted octanol–water partition coefficient (Wildman–Crippen LogP) is 2.54. The first-order chi connectivity index (χ1) is 12.4. The molecule has 5 unspecified atom stereocenters. The molecule has 2 N–H and O–H groups in total. The molecule has 5 atom stereocenters. The van der Waals surface area contributed by atoms with Crippen molar-refractivity contribution in [2.75, 3.05) is 26.2 Å². The average Bonchev–Trinajstić information content (AvgIpc) is 3.17. The van der Waals surface area contributed by atoms with Crippen molar-refractivity contribution in [1.29, 1.82) is 0 Å². The predicted molar refractivity (Wildman–Crippen MR) is 96.7 cm³/mol. The van der Waals surface area contributed by atoms with Gasteiger partial charge in [-0.15, -0.1) is 0 Å². The average molecular weight is 365 g/mol. The van der Waals surface area contributed by atoms with Gasteiger partial charge in [0.15, 0.2) is 0 Å². The molecule has 3 saturated heterocycles. The number of nitrogens with zero attached hydrogens (tertiary/aromatic N) is 2. The Morgan fingerprint density at radius 3 is 2.77 bits per heavy atom. The molecule has 0 bridgehead atoms. The van der Waals surface area contributed by atoms with E-state index in [1.54, 1.807) is 0 Å². The van der Waals surface area contributed by atoms with Gasteiger partial charge in [-0.25, -0.2) is 8.78 Å². The van der Waals surface area contributed by atoms with Gasteiger partial charge in [-0.1, -0.05) is 0 Å². The second-order valence-corrected chi connectivity index (χ2v) is 8.37. The highest BCUT2D eigenvalue weighted by atomic mass is 19.1. The molecule has 4 nitrogen and oxygen atoms in total. The number of halogens is 2. The lowest BCUT2D eigenvalue weighted by Gasteiger charge is -2.39.